The van der Waals surface area contributed by atoms with Gasteiger partial charge in [0.25, 0.3) is 5.91 Å². The molecule has 3 rings (SSSR count). The number of carbonyl (C=O) groups is 1. The number of fused-ring (bicyclic) bond motifs is 1. The van der Waals surface area contributed by atoms with E-state index in [9.17, 15) is 4.79 Å². The Morgan fingerprint density at radius 1 is 0.947 bits per heavy atom. The molecule has 0 bridgehead atoms. The minimum absolute atomic E-state index is 0.0984. The number of para-hydroxylation sites is 1. The van der Waals surface area contributed by atoms with E-state index in [2.05, 4.69) is 16.4 Å². The second-order valence-electron chi connectivity index (χ2n) is 4.51. The fourth-order valence-corrected chi connectivity index (χ4v) is 2.17. The van der Waals surface area contributed by atoms with Crippen LogP contribution >= 0.6 is 0 Å². The van der Waals surface area contributed by atoms with Gasteiger partial charge < -0.3 is 5.32 Å². The lowest BCUT2D eigenvalue weighted by Gasteiger charge is -2.15. The number of hydrogen-bond donors (Lipinski definition) is 1. The van der Waals surface area contributed by atoms with Crippen molar-refractivity contribution in [1.29, 1.82) is 0 Å². The summed E-state index contributed by atoms with van der Waals surface area (Å²) in [4.78, 5) is 16.5. The summed E-state index contributed by atoms with van der Waals surface area (Å²) >= 11 is 0. The molecule has 19 heavy (non-hydrogen) atoms. The van der Waals surface area contributed by atoms with Crippen LogP contribution in [0.3, 0.4) is 0 Å². The van der Waals surface area contributed by atoms with Crippen molar-refractivity contribution in [3.63, 3.8) is 0 Å². The third-order valence-electron chi connectivity index (χ3n) is 3.17. The van der Waals surface area contributed by atoms with E-state index in [-0.39, 0.29) is 5.91 Å². The van der Waals surface area contributed by atoms with Crippen molar-refractivity contribution in [2.24, 2.45) is 4.99 Å². The average Bonchev–Trinajstić information content (AvgIpc) is 2.48. The largest absolute Gasteiger partial charge is 0.310 e. The van der Waals surface area contributed by atoms with Gasteiger partial charge in [-0.3, -0.25) is 4.79 Å². The summed E-state index contributed by atoms with van der Waals surface area (Å²) < 4.78 is 0. The number of amides is 1. The second kappa shape index (κ2) is 5.06. The number of rotatable bonds is 1. The molecule has 1 N–H and O–H groups in total. The number of benzene rings is 2. The summed E-state index contributed by atoms with van der Waals surface area (Å²) in [6.45, 7) is 0. The van der Waals surface area contributed by atoms with Crippen molar-refractivity contribution < 1.29 is 4.79 Å². The zero-order valence-corrected chi connectivity index (χ0v) is 10.5. The van der Waals surface area contributed by atoms with Gasteiger partial charge in [0.2, 0.25) is 0 Å². The van der Waals surface area contributed by atoms with E-state index in [1.807, 2.05) is 36.4 Å². The monoisotopic (exact) mass is 250 g/mol. The van der Waals surface area contributed by atoms with Crippen LogP contribution in [-0.4, -0.2) is 11.7 Å². The maximum atomic E-state index is 12.0. The fourth-order valence-electron chi connectivity index (χ4n) is 2.17. The Bertz CT molecular complexity index is 632. The van der Waals surface area contributed by atoms with Crippen LogP contribution in [0.15, 0.2) is 59.6 Å². The molecule has 94 valence electrons. The Balaban J connectivity index is 1.79. The number of aliphatic imine (C=N–C) groups is 1. The molecule has 1 aliphatic heterocycles. The molecule has 1 aliphatic rings. The van der Waals surface area contributed by atoms with Gasteiger partial charge in [-0.2, -0.15) is 0 Å². The Morgan fingerprint density at radius 2 is 1.68 bits per heavy atom. The summed E-state index contributed by atoms with van der Waals surface area (Å²) in [5.74, 6) is 0.645. The molecule has 2 aromatic carbocycles. The Labute approximate surface area is 112 Å². The third kappa shape index (κ3) is 2.55. The minimum atomic E-state index is -0.0984. The first-order chi connectivity index (χ1) is 9.33. The Hall–Kier alpha value is -2.42. The first kappa shape index (κ1) is 11.7. The molecular formula is C16H14N2O. The number of amidine groups is 1. The van der Waals surface area contributed by atoms with Crippen molar-refractivity contribution in [1.82, 2.24) is 5.32 Å². The molecule has 1 amide bonds. The highest BCUT2D eigenvalue weighted by molar-refractivity contribution is 6.07. The molecule has 0 spiro atoms. The lowest BCUT2D eigenvalue weighted by Crippen LogP contribution is -2.31. The summed E-state index contributed by atoms with van der Waals surface area (Å²) in [6.07, 6.45) is 1.69. The van der Waals surface area contributed by atoms with Crippen LogP contribution in [-0.2, 0) is 6.42 Å². The van der Waals surface area contributed by atoms with Gasteiger partial charge in [0.05, 0.1) is 5.69 Å². The van der Waals surface area contributed by atoms with Crippen LogP contribution in [0.1, 0.15) is 22.3 Å². The summed E-state index contributed by atoms with van der Waals surface area (Å²) in [5.41, 5.74) is 2.85. The number of carbonyl (C=O) groups excluding carboxylic acids is 1. The zero-order chi connectivity index (χ0) is 13.1. The molecule has 0 unspecified atom stereocenters. The molecule has 0 aromatic heterocycles. The molecule has 0 fully saturated rings. The molecule has 0 saturated carbocycles. The zero-order valence-electron chi connectivity index (χ0n) is 10.5. The van der Waals surface area contributed by atoms with Crippen LogP contribution in [0.5, 0.6) is 0 Å². The van der Waals surface area contributed by atoms with E-state index in [4.69, 9.17) is 0 Å². The van der Waals surface area contributed by atoms with E-state index < -0.39 is 0 Å². The number of aryl methyl sites for hydroxylation is 1. The van der Waals surface area contributed by atoms with E-state index >= 15 is 0 Å². The first-order valence-corrected chi connectivity index (χ1v) is 6.35. The molecule has 0 saturated heterocycles. The summed E-state index contributed by atoms with van der Waals surface area (Å²) in [6, 6.07) is 17.2. The maximum absolute atomic E-state index is 12.0. The second-order valence-corrected chi connectivity index (χ2v) is 4.51. The fraction of sp³-hybridized carbons (Fsp3) is 0.125. The van der Waals surface area contributed by atoms with Crippen molar-refractivity contribution in [3.05, 3.63) is 65.7 Å². The van der Waals surface area contributed by atoms with E-state index in [0.717, 1.165) is 24.4 Å². The molecule has 1 heterocycles. The maximum Gasteiger partial charge on any atom is 0.256 e. The molecular weight excluding hydrogens is 236 g/mol. The van der Waals surface area contributed by atoms with Gasteiger partial charge in [0, 0.05) is 12.0 Å². The standard InChI is InChI=1S/C16H14N2O/c19-16(13-7-2-1-3-8-13)18-15-11-10-12-6-4-5-9-14(12)17-15/h1-9H,10-11H2,(H,17,18,19). The van der Waals surface area contributed by atoms with Gasteiger partial charge in [-0.05, 0) is 30.2 Å². The van der Waals surface area contributed by atoms with Crippen LogP contribution in [0.25, 0.3) is 0 Å². The lowest BCUT2D eigenvalue weighted by atomic mass is 10.0. The highest BCUT2D eigenvalue weighted by Gasteiger charge is 2.14. The average molecular weight is 250 g/mol. The van der Waals surface area contributed by atoms with Crippen LogP contribution in [0, 0.1) is 0 Å². The van der Waals surface area contributed by atoms with E-state index in [1.54, 1.807) is 12.1 Å². The van der Waals surface area contributed by atoms with Gasteiger partial charge in [0.1, 0.15) is 5.84 Å². The summed E-state index contributed by atoms with van der Waals surface area (Å²) in [5, 5.41) is 2.89. The predicted octanol–water partition coefficient (Wildman–Crippen LogP) is 3.09. The molecule has 3 nitrogen and oxygen atoms in total. The highest BCUT2D eigenvalue weighted by Crippen LogP contribution is 2.24. The van der Waals surface area contributed by atoms with Crippen molar-refractivity contribution in [3.8, 4) is 0 Å². The molecule has 2 aromatic rings. The van der Waals surface area contributed by atoms with Gasteiger partial charge in [-0.15, -0.1) is 0 Å². The van der Waals surface area contributed by atoms with Gasteiger partial charge in [0.15, 0.2) is 0 Å². The molecule has 0 radical (unpaired) electrons. The Morgan fingerprint density at radius 3 is 2.53 bits per heavy atom. The van der Waals surface area contributed by atoms with Gasteiger partial charge in [-0.1, -0.05) is 36.4 Å². The van der Waals surface area contributed by atoms with Crippen LogP contribution in [0.2, 0.25) is 0 Å². The molecule has 0 aliphatic carbocycles. The summed E-state index contributed by atoms with van der Waals surface area (Å²) in [7, 11) is 0. The van der Waals surface area contributed by atoms with Crippen LogP contribution in [0.4, 0.5) is 5.69 Å². The van der Waals surface area contributed by atoms with E-state index in [1.165, 1.54) is 5.56 Å². The number of hydrogen-bond acceptors (Lipinski definition) is 2. The van der Waals surface area contributed by atoms with Crippen molar-refractivity contribution in [2.45, 2.75) is 12.8 Å². The first-order valence-electron chi connectivity index (χ1n) is 6.35. The quantitative estimate of drug-likeness (QED) is 0.830. The highest BCUT2D eigenvalue weighted by atomic mass is 16.1. The smallest absolute Gasteiger partial charge is 0.256 e. The van der Waals surface area contributed by atoms with Gasteiger partial charge in [-0.25, -0.2) is 4.99 Å². The van der Waals surface area contributed by atoms with Crippen molar-refractivity contribution >= 4 is 17.4 Å². The Kier molecular flexibility index (Phi) is 3.11. The SMILES string of the molecule is O=C(NC1=Nc2ccccc2CC1)c1ccccc1. The predicted molar refractivity (Wildman–Crippen MR) is 75.8 cm³/mol. The molecule has 0 atom stereocenters. The van der Waals surface area contributed by atoms with Crippen molar-refractivity contribution in [2.75, 3.05) is 0 Å². The lowest BCUT2D eigenvalue weighted by molar-refractivity contribution is 0.0976. The minimum Gasteiger partial charge on any atom is -0.310 e. The number of nitrogens with one attached hydrogen (secondary N) is 1. The third-order valence-corrected chi connectivity index (χ3v) is 3.17. The number of nitrogens with zero attached hydrogens (tertiary/aromatic N) is 1. The molecule has 3 heteroatoms. The normalized spacial score (nSPS) is 13.4. The topological polar surface area (TPSA) is 41.5 Å². The van der Waals surface area contributed by atoms with E-state index in [0.29, 0.717) is 5.56 Å². The van der Waals surface area contributed by atoms with Gasteiger partial charge >= 0.3 is 0 Å². The van der Waals surface area contributed by atoms with Crippen LogP contribution < -0.4 is 5.32 Å².